The summed E-state index contributed by atoms with van der Waals surface area (Å²) in [5, 5.41) is 20.7. The Kier molecular flexibility index (Phi) is 6.51. The lowest BCUT2D eigenvalue weighted by molar-refractivity contribution is 0.143. The highest BCUT2D eigenvalue weighted by Crippen LogP contribution is 2.64. The molecule has 1 spiro atoms. The highest BCUT2D eigenvalue weighted by molar-refractivity contribution is 5.96. The van der Waals surface area contributed by atoms with Gasteiger partial charge in [-0.15, -0.1) is 0 Å². The summed E-state index contributed by atoms with van der Waals surface area (Å²) in [5.74, 6) is 13.7. The molecular formula is C39H36O4. The van der Waals surface area contributed by atoms with Crippen LogP contribution in [-0.4, -0.2) is 35.6 Å². The summed E-state index contributed by atoms with van der Waals surface area (Å²) in [5.41, 5.74) is 10.2. The Morgan fingerprint density at radius 2 is 0.977 bits per heavy atom. The number of fused-ring (bicyclic) bond motifs is 10. The number of aliphatic hydroxyl groups is 2. The normalized spacial score (nSPS) is 15.9. The number of hydrogen-bond acceptors (Lipinski definition) is 4. The molecule has 4 nitrogen and oxygen atoms in total. The average molecular weight is 569 g/mol. The lowest BCUT2D eigenvalue weighted by atomic mass is 9.69. The Balaban J connectivity index is 1.77. The van der Waals surface area contributed by atoms with E-state index in [1.165, 1.54) is 22.3 Å². The van der Waals surface area contributed by atoms with Gasteiger partial charge in [0.25, 0.3) is 0 Å². The monoisotopic (exact) mass is 568 g/mol. The first-order valence-corrected chi connectivity index (χ1v) is 14.5. The van der Waals surface area contributed by atoms with E-state index >= 15 is 0 Å². The van der Waals surface area contributed by atoms with Crippen LogP contribution in [0, 0.1) is 37.5 Å². The second-order valence-electron chi connectivity index (χ2n) is 12.6. The Hall–Kier alpha value is -4.48. The third kappa shape index (κ3) is 4.59. The van der Waals surface area contributed by atoms with Gasteiger partial charge in [0.1, 0.15) is 11.2 Å². The van der Waals surface area contributed by atoms with Crippen LogP contribution in [0.2, 0.25) is 0 Å². The molecule has 0 aromatic heterocycles. The van der Waals surface area contributed by atoms with Crippen LogP contribution >= 0.6 is 0 Å². The maximum atomic E-state index is 10.4. The fraction of sp³-hybridized carbons (Fsp3) is 0.282. The predicted octanol–water partition coefficient (Wildman–Crippen LogP) is 6.91. The van der Waals surface area contributed by atoms with Crippen molar-refractivity contribution in [3.8, 4) is 57.4 Å². The van der Waals surface area contributed by atoms with Crippen LogP contribution in [-0.2, 0) is 5.41 Å². The average Bonchev–Trinajstić information content (AvgIpc) is 3.38. The van der Waals surface area contributed by atoms with E-state index in [0.29, 0.717) is 11.5 Å². The van der Waals surface area contributed by atoms with Crippen LogP contribution in [0.25, 0.3) is 22.3 Å². The van der Waals surface area contributed by atoms with Crippen LogP contribution < -0.4 is 9.47 Å². The predicted molar refractivity (Wildman–Crippen MR) is 172 cm³/mol. The maximum absolute atomic E-state index is 10.4. The van der Waals surface area contributed by atoms with E-state index < -0.39 is 16.6 Å². The second-order valence-corrected chi connectivity index (χ2v) is 12.6. The van der Waals surface area contributed by atoms with E-state index in [2.05, 4.69) is 86.1 Å². The quantitative estimate of drug-likeness (QED) is 0.223. The Morgan fingerprint density at radius 3 is 1.47 bits per heavy atom. The smallest absolute Gasteiger partial charge is 0.161 e. The number of rotatable bonds is 2. The van der Waals surface area contributed by atoms with Crippen molar-refractivity contribution in [2.24, 2.45) is 0 Å². The second kappa shape index (κ2) is 9.78. The van der Waals surface area contributed by atoms with Crippen LogP contribution in [0.5, 0.6) is 11.5 Å². The van der Waals surface area contributed by atoms with Crippen molar-refractivity contribution in [2.45, 2.75) is 58.2 Å². The molecule has 0 bridgehead atoms. The van der Waals surface area contributed by atoms with E-state index in [-0.39, 0.29) is 0 Å². The van der Waals surface area contributed by atoms with Gasteiger partial charge in [-0.2, -0.15) is 0 Å². The fourth-order valence-electron chi connectivity index (χ4n) is 6.42. The number of methoxy groups -OCH3 is 2. The molecule has 4 aromatic carbocycles. The molecule has 0 heterocycles. The summed E-state index contributed by atoms with van der Waals surface area (Å²) in [6.45, 7) is 11.1. The van der Waals surface area contributed by atoms with E-state index in [1.54, 1.807) is 41.9 Å². The summed E-state index contributed by atoms with van der Waals surface area (Å²) >= 11 is 0. The van der Waals surface area contributed by atoms with Gasteiger partial charge >= 0.3 is 0 Å². The van der Waals surface area contributed by atoms with Gasteiger partial charge in [-0.05, 0) is 134 Å². The van der Waals surface area contributed by atoms with E-state index in [0.717, 1.165) is 44.5 Å². The molecule has 43 heavy (non-hydrogen) atoms. The lowest BCUT2D eigenvalue weighted by Crippen LogP contribution is -2.26. The summed E-state index contributed by atoms with van der Waals surface area (Å²) in [6.07, 6.45) is 0. The number of aryl methyl sites for hydroxylation is 2. The van der Waals surface area contributed by atoms with Crippen LogP contribution in [0.1, 0.15) is 72.2 Å². The summed E-state index contributed by atoms with van der Waals surface area (Å²) in [6, 6.07) is 21.4. The summed E-state index contributed by atoms with van der Waals surface area (Å²) < 4.78 is 11.6. The van der Waals surface area contributed by atoms with Gasteiger partial charge in [0.15, 0.2) is 11.5 Å². The number of ether oxygens (including phenoxy) is 2. The standard InChI is InChI=1S/C39H36O4/c1-23-17-29-27-11-9-25(13-15-37(3,4)40)19-32(27)39(31(29)18-24(23)2)33-20-26(14-16-38(5,6)41)10-12-28(33)30-21-35(42-7)36(43-8)22-34(30)39/h9-12,17-22,40-41H,1-8H3. The first-order valence-electron chi connectivity index (χ1n) is 14.5. The molecule has 4 heteroatoms. The zero-order valence-corrected chi connectivity index (χ0v) is 26.0. The van der Waals surface area contributed by atoms with Gasteiger partial charge in [-0.25, -0.2) is 0 Å². The summed E-state index contributed by atoms with van der Waals surface area (Å²) in [7, 11) is 3.32. The van der Waals surface area contributed by atoms with E-state index in [9.17, 15) is 10.2 Å². The minimum Gasteiger partial charge on any atom is -0.493 e. The third-order valence-electron chi connectivity index (χ3n) is 8.42. The highest BCUT2D eigenvalue weighted by Gasteiger charge is 2.52. The molecule has 0 radical (unpaired) electrons. The SMILES string of the molecule is COc1cc2c(cc1OC)C1(c3cc(C#CC(C)(C)O)ccc3-c3cc(C)c(C)cc31)c1cc(C#CC(C)(C)O)ccc1-2. The molecule has 1 unspecified atom stereocenters. The van der Waals surface area contributed by atoms with Crippen molar-refractivity contribution in [1.29, 1.82) is 0 Å². The molecule has 0 amide bonds. The molecule has 6 rings (SSSR count). The summed E-state index contributed by atoms with van der Waals surface area (Å²) in [4.78, 5) is 0. The molecule has 0 saturated heterocycles. The Morgan fingerprint density at radius 1 is 0.558 bits per heavy atom. The van der Waals surface area contributed by atoms with Crippen molar-refractivity contribution in [1.82, 2.24) is 0 Å². The van der Waals surface area contributed by atoms with Gasteiger partial charge in [0.2, 0.25) is 0 Å². The van der Waals surface area contributed by atoms with Crippen molar-refractivity contribution in [3.05, 3.63) is 105 Å². The fourth-order valence-corrected chi connectivity index (χ4v) is 6.42. The zero-order chi connectivity index (χ0) is 30.9. The molecular weight excluding hydrogens is 532 g/mol. The lowest BCUT2D eigenvalue weighted by Gasteiger charge is -2.31. The van der Waals surface area contributed by atoms with E-state index in [4.69, 9.17) is 9.47 Å². The molecule has 0 fully saturated rings. The van der Waals surface area contributed by atoms with Gasteiger partial charge < -0.3 is 19.7 Å². The molecule has 2 aliphatic rings. The van der Waals surface area contributed by atoms with Gasteiger partial charge in [0.05, 0.1) is 19.6 Å². The van der Waals surface area contributed by atoms with Gasteiger partial charge in [-0.3, -0.25) is 0 Å². The number of benzene rings is 4. The van der Waals surface area contributed by atoms with Crippen molar-refractivity contribution < 1.29 is 19.7 Å². The molecule has 2 N–H and O–H groups in total. The van der Waals surface area contributed by atoms with E-state index in [1.807, 2.05) is 12.1 Å². The molecule has 216 valence electrons. The molecule has 0 saturated carbocycles. The van der Waals surface area contributed by atoms with Crippen molar-refractivity contribution in [2.75, 3.05) is 14.2 Å². The number of hydrogen-bond donors (Lipinski definition) is 2. The minimum absolute atomic E-state index is 0.660. The van der Waals surface area contributed by atoms with Crippen LogP contribution in [0.3, 0.4) is 0 Å². The first kappa shape index (κ1) is 28.6. The maximum Gasteiger partial charge on any atom is 0.161 e. The first-order chi connectivity index (χ1) is 20.3. The van der Waals surface area contributed by atoms with Gasteiger partial charge in [0, 0.05) is 11.1 Å². The Labute approximate surface area is 254 Å². The van der Waals surface area contributed by atoms with Crippen LogP contribution in [0.15, 0.2) is 60.7 Å². The zero-order valence-electron chi connectivity index (χ0n) is 26.0. The minimum atomic E-state index is -1.12. The van der Waals surface area contributed by atoms with Crippen molar-refractivity contribution >= 4 is 0 Å². The van der Waals surface area contributed by atoms with Crippen LogP contribution in [0.4, 0.5) is 0 Å². The molecule has 2 aliphatic carbocycles. The third-order valence-corrected chi connectivity index (χ3v) is 8.42. The Bertz CT molecular complexity index is 1940. The molecule has 4 aromatic rings. The van der Waals surface area contributed by atoms with Gasteiger partial charge in [-0.1, -0.05) is 47.9 Å². The van der Waals surface area contributed by atoms with Crippen molar-refractivity contribution in [3.63, 3.8) is 0 Å². The highest BCUT2D eigenvalue weighted by atomic mass is 16.5. The molecule has 0 aliphatic heterocycles. The topological polar surface area (TPSA) is 58.9 Å². The largest absolute Gasteiger partial charge is 0.493 e. The molecule has 1 atom stereocenters.